The van der Waals surface area contributed by atoms with E-state index in [1.54, 1.807) is 0 Å². The second-order valence-corrected chi connectivity index (χ2v) is 11.2. The summed E-state index contributed by atoms with van der Waals surface area (Å²) in [7, 11) is 0. The minimum atomic E-state index is 0.706. The summed E-state index contributed by atoms with van der Waals surface area (Å²) < 4.78 is 0. The van der Waals surface area contributed by atoms with Crippen molar-refractivity contribution < 1.29 is 0 Å². The lowest BCUT2D eigenvalue weighted by molar-refractivity contribution is 0.663. The molecule has 0 N–H and O–H groups in total. The van der Waals surface area contributed by atoms with Crippen LogP contribution in [0.5, 0.6) is 0 Å². The van der Waals surface area contributed by atoms with Crippen molar-refractivity contribution in [3.63, 3.8) is 0 Å². The average molecular weight is 537 g/mol. The van der Waals surface area contributed by atoms with Gasteiger partial charge in [-0.25, -0.2) is 0 Å². The van der Waals surface area contributed by atoms with Gasteiger partial charge in [-0.1, -0.05) is 168 Å². The molecule has 0 bridgehead atoms. The van der Waals surface area contributed by atoms with E-state index in [1.165, 1.54) is 39.0 Å². The van der Waals surface area contributed by atoms with Crippen LogP contribution in [0.3, 0.4) is 0 Å². The summed E-state index contributed by atoms with van der Waals surface area (Å²) in [5.41, 5.74) is 8.95. The molecule has 0 unspecified atom stereocenters. The van der Waals surface area contributed by atoms with Gasteiger partial charge in [0, 0.05) is 0 Å². The van der Waals surface area contributed by atoms with Crippen LogP contribution in [-0.4, -0.2) is 0 Å². The highest BCUT2D eigenvalue weighted by atomic mass is 13.9. The van der Waals surface area contributed by atoms with Crippen molar-refractivity contribution in [2.24, 2.45) is 5.92 Å². The van der Waals surface area contributed by atoms with E-state index in [9.17, 15) is 0 Å². The minimum absolute atomic E-state index is 0.706. The van der Waals surface area contributed by atoms with Gasteiger partial charge in [-0.05, 0) is 80.6 Å². The van der Waals surface area contributed by atoms with E-state index < -0.39 is 0 Å². The molecule has 0 aromatic heterocycles. The van der Waals surface area contributed by atoms with Gasteiger partial charge >= 0.3 is 0 Å². The molecule has 0 rings (SSSR count). The molecule has 0 nitrogen and oxygen atoms in total. The summed E-state index contributed by atoms with van der Waals surface area (Å²) in [6.45, 7) is 21.6. The fourth-order valence-electron chi connectivity index (χ4n) is 3.31. The summed E-state index contributed by atoms with van der Waals surface area (Å²) in [6.07, 6.45) is 44.2. The van der Waals surface area contributed by atoms with Gasteiger partial charge in [-0.15, -0.1) is 0 Å². The van der Waals surface area contributed by atoms with E-state index >= 15 is 0 Å². The highest BCUT2D eigenvalue weighted by Crippen LogP contribution is 2.08. The molecule has 0 aliphatic heterocycles. The topological polar surface area (TPSA) is 0 Å². The zero-order valence-electron chi connectivity index (χ0n) is 27.2. The first-order chi connectivity index (χ1) is 19.0. The van der Waals surface area contributed by atoms with Gasteiger partial charge in [0.1, 0.15) is 0 Å². The fraction of sp³-hybridized carbons (Fsp3) is 0.350. The van der Waals surface area contributed by atoms with Crippen LogP contribution in [0.1, 0.15) is 88.5 Å². The Kier molecular flexibility index (Phi) is 21.5. The summed E-state index contributed by atoms with van der Waals surface area (Å²) in [6, 6.07) is 0. The van der Waals surface area contributed by atoms with Crippen molar-refractivity contribution in [1.29, 1.82) is 0 Å². The monoisotopic (exact) mass is 536 g/mol. The van der Waals surface area contributed by atoms with Crippen molar-refractivity contribution in [2.75, 3.05) is 0 Å². The van der Waals surface area contributed by atoms with Crippen molar-refractivity contribution in [3.8, 4) is 0 Å². The first kappa shape index (κ1) is 36.6. The third-order valence-corrected chi connectivity index (χ3v) is 5.80. The summed E-state index contributed by atoms with van der Waals surface area (Å²) in [4.78, 5) is 0. The van der Waals surface area contributed by atoms with Gasteiger partial charge in [0.25, 0.3) is 0 Å². The van der Waals surface area contributed by atoms with E-state index in [4.69, 9.17) is 0 Å². The third-order valence-electron chi connectivity index (χ3n) is 5.80. The van der Waals surface area contributed by atoms with E-state index in [0.29, 0.717) is 5.92 Å². The van der Waals surface area contributed by atoms with Crippen molar-refractivity contribution in [1.82, 2.24) is 0 Å². The summed E-state index contributed by atoms with van der Waals surface area (Å²) in [5, 5.41) is 0. The predicted molar refractivity (Wildman–Crippen MR) is 186 cm³/mol. The van der Waals surface area contributed by atoms with E-state index in [2.05, 4.69) is 185 Å². The van der Waals surface area contributed by atoms with Crippen molar-refractivity contribution in [2.45, 2.75) is 88.5 Å². The predicted octanol–water partition coefficient (Wildman–Crippen LogP) is 12.8. The Morgan fingerprint density at radius 3 is 1.25 bits per heavy atom. The van der Waals surface area contributed by atoms with Crippen LogP contribution in [-0.2, 0) is 0 Å². The summed E-state index contributed by atoms with van der Waals surface area (Å²) in [5.74, 6) is 0.706. The average Bonchev–Trinajstić information content (AvgIpc) is 2.86. The Balaban J connectivity index is 4.72. The second kappa shape index (κ2) is 23.5. The maximum Gasteiger partial charge on any atom is -0.0285 e. The Labute approximate surface area is 248 Å². The molecule has 0 saturated heterocycles. The van der Waals surface area contributed by atoms with Crippen LogP contribution in [0.4, 0.5) is 0 Å². The van der Waals surface area contributed by atoms with Crippen molar-refractivity contribution >= 4 is 0 Å². The van der Waals surface area contributed by atoms with Crippen LogP contribution in [0.2, 0.25) is 0 Å². The molecular formula is C40H56. The van der Waals surface area contributed by atoms with Gasteiger partial charge in [-0.2, -0.15) is 0 Å². The van der Waals surface area contributed by atoms with Gasteiger partial charge in [-0.3, -0.25) is 0 Å². The van der Waals surface area contributed by atoms with Crippen LogP contribution in [0.25, 0.3) is 0 Å². The lowest BCUT2D eigenvalue weighted by Crippen LogP contribution is -1.81. The molecule has 0 aliphatic carbocycles. The van der Waals surface area contributed by atoms with Gasteiger partial charge in [0.2, 0.25) is 0 Å². The maximum absolute atomic E-state index is 2.30. The first-order valence-corrected chi connectivity index (χ1v) is 14.7. The standard InChI is InChI=1S/C40H56/c1-33(2)19-13-23-37(7)27-17-31-39(9)29-15-25-35(5)21-11-12-22-36(6)26-16-30-40(10)32-18-28-38(8)24-14-20-34(3)4/h11-13,15-18,20-23,25-33H,14,19,24H2,1-10H3/b12-11+,23-13+,25-15+,26-16+,31-17+,32-18+,35-21+,36-22+,37-27+,38-28+,39-29+,40-30+. The van der Waals surface area contributed by atoms with E-state index in [1.807, 2.05) is 0 Å². The maximum atomic E-state index is 2.30. The minimum Gasteiger partial charge on any atom is -0.0856 e. The number of rotatable bonds is 16. The number of hydrogen-bond donors (Lipinski definition) is 0. The molecule has 40 heavy (non-hydrogen) atoms. The molecule has 0 amide bonds. The molecule has 0 aromatic carbocycles. The highest BCUT2D eigenvalue weighted by Gasteiger charge is 1.88. The highest BCUT2D eigenvalue weighted by molar-refractivity contribution is 5.33. The normalized spacial score (nSPS) is 15.6. The van der Waals surface area contributed by atoms with Gasteiger partial charge in [0.15, 0.2) is 0 Å². The zero-order valence-corrected chi connectivity index (χ0v) is 27.2. The largest absolute Gasteiger partial charge is 0.0856 e. The lowest BCUT2D eigenvalue weighted by atomic mass is 10.1. The van der Waals surface area contributed by atoms with Gasteiger partial charge < -0.3 is 0 Å². The second-order valence-electron chi connectivity index (χ2n) is 11.2. The SMILES string of the molecule is CC(C)=CCC/C(C)=C/C=C/C(C)=C/C=C/C(C)=C/C=C/C=C(C)/C=C/C=C(C)/C=C/C=C(C)/C=C/CC(C)C. The third kappa shape index (κ3) is 24.9. The molecule has 0 heterocycles. The fourth-order valence-corrected chi connectivity index (χ4v) is 3.31. The van der Waals surface area contributed by atoms with Gasteiger partial charge in [0.05, 0.1) is 0 Å². The molecule has 0 fully saturated rings. The van der Waals surface area contributed by atoms with Crippen LogP contribution < -0.4 is 0 Å². The lowest BCUT2D eigenvalue weighted by Gasteiger charge is -1.96. The van der Waals surface area contributed by atoms with Crippen molar-refractivity contribution in [3.05, 3.63) is 154 Å². The molecule has 0 spiro atoms. The number of allylic oxidation sites excluding steroid dienone is 26. The van der Waals surface area contributed by atoms with E-state index in [0.717, 1.165) is 19.3 Å². The molecule has 0 aromatic rings. The Bertz CT molecular complexity index is 1130. The Hall–Kier alpha value is -3.38. The molecule has 0 atom stereocenters. The number of hydrogen-bond acceptors (Lipinski definition) is 0. The van der Waals surface area contributed by atoms with E-state index in [-0.39, 0.29) is 0 Å². The summed E-state index contributed by atoms with van der Waals surface area (Å²) >= 11 is 0. The molecular weight excluding hydrogens is 480 g/mol. The Morgan fingerprint density at radius 2 is 0.850 bits per heavy atom. The molecule has 0 aliphatic rings. The Morgan fingerprint density at radius 1 is 0.475 bits per heavy atom. The molecule has 0 heteroatoms. The molecule has 0 radical (unpaired) electrons. The zero-order chi connectivity index (χ0) is 30.2. The first-order valence-electron chi connectivity index (χ1n) is 14.7. The molecule has 216 valence electrons. The van der Waals surface area contributed by atoms with Crippen LogP contribution in [0, 0.1) is 5.92 Å². The van der Waals surface area contributed by atoms with Crippen LogP contribution >= 0.6 is 0 Å². The molecule has 0 saturated carbocycles. The van der Waals surface area contributed by atoms with Crippen LogP contribution in [0.15, 0.2) is 154 Å². The smallest absolute Gasteiger partial charge is 0.0285 e. The quantitative estimate of drug-likeness (QED) is 0.136.